The van der Waals surface area contributed by atoms with Crippen LogP contribution in [-0.4, -0.2) is 28.9 Å². The van der Waals surface area contributed by atoms with Crippen LogP contribution in [-0.2, 0) is 17.6 Å². The van der Waals surface area contributed by atoms with E-state index in [2.05, 4.69) is 15.5 Å². The second-order valence-electron chi connectivity index (χ2n) is 7.21. The predicted molar refractivity (Wildman–Crippen MR) is 97.6 cm³/mol. The first-order valence-electron chi connectivity index (χ1n) is 9.75. The standard InChI is InChI=1S/C20H25N3O4/c24-18(21-15-5-3-1-2-4-6-15)9-10-19-22-23-20(27-19)12-14-7-8-16-17(11-14)26-13-25-16/h7-8,11,15H,1-6,9-10,12-13H2,(H,21,24). The number of benzene rings is 1. The number of nitrogens with zero attached hydrogens (tertiary/aromatic N) is 2. The highest BCUT2D eigenvalue weighted by Gasteiger charge is 2.17. The van der Waals surface area contributed by atoms with Gasteiger partial charge < -0.3 is 19.2 Å². The molecule has 27 heavy (non-hydrogen) atoms. The molecule has 1 amide bonds. The number of hydrogen-bond acceptors (Lipinski definition) is 6. The molecule has 1 aromatic carbocycles. The Morgan fingerprint density at radius 3 is 2.67 bits per heavy atom. The Balaban J connectivity index is 1.26. The van der Waals surface area contributed by atoms with Crippen molar-refractivity contribution in [3.63, 3.8) is 0 Å². The molecule has 1 fully saturated rings. The normalized spacial score (nSPS) is 16.9. The summed E-state index contributed by atoms with van der Waals surface area (Å²) >= 11 is 0. The maximum Gasteiger partial charge on any atom is 0.231 e. The molecule has 4 rings (SSSR count). The van der Waals surface area contributed by atoms with Gasteiger partial charge in [-0.2, -0.15) is 0 Å². The molecule has 1 aliphatic carbocycles. The van der Waals surface area contributed by atoms with E-state index in [1.165, 1.54) is 25.7 Å². The average Bonchev–Trinajstić information content (AvgIpc) is 3.24. The predicted octanol–water partition coefficient (Wildman–Crippen LogP) is 3.16. The van der Waals surface area contributed by atoms with Crippen molar-refractivity contribution < 1.29 is 18.7 Å². The highest BCUT2D eigenvalue weighted by atomic mass is 16.7. The molecular formula is C20H25N3O4. The van der Waals surface area contributed by atoms with Crippen molar-refractivity contribution in [2.24, 2.45) is 0 Å². The van der Waals surface area contributed by atoms with Gasteiger partial charge in [0.25, 0.3) is 0 Å². The molecule has 0 atom stereocenters. The smallest absolute Gasteiger partial charge is 0.231 e. The Morgan fingerprint density at radius 1 is 1.04 bits per heavy atom. The molecule has 7 nitrogen and oxygen atoms in total. The Kier molecular flexibility index (Phi) is 5.55. The van der Waals surface area contributed by atoms with Crippen molar-refractivity contribution in [1.29, 1.82) is 0 Å². The van der Waals surface area contributed by atoms with Crippen LogP contribution >= 0.6 is 0 Å². The van der Waals surface area contributed by atoms with E-state index in [-0.39, 0.29) is 12.7 Å². The van der Waals surface area contributed by atoms with Crippen LogP contribution < -0.4 is 14.8 Å². The lowest BCUT2D eigenvalue weighted by Crippen LogP contribution is -2.34. The summed E-state index contributed by atoms with van der Waals surface area (Å²) in [6.07, 6.45) is 8.52. The fraction of sp³-hybridized carbons (Fsp3) is 0.550. The van der Waals surface area contributed by atoms with E-state index in [9.17, 15) is 4.79 Å². The zero-order valence-electron chi connectivity index (χ0n) is 15.4. The zero-order chi connectivity index (χ0) is 18.5. The van der Waals surface area contributed by atoms with Crippen LogP contribution in [0.15, 0.2) is 22.6 Å². The minimum Gasteiger partial charge on any atom is -0.454 e. The van der Waals surface area contributed by atoms with Crippen molar-refractivity contribution in [2.75, 3.05) is 6.79 Å². The lowest BCUT2D eigenvalue weighted by molar-refractivity contribution is -0.121. The molecule has 0 unspecified atom stereocenters. The number of ether oxygens (including phenoxy) is 2. The lowest BCUT2D eigenvalue weighted by Gasteiger charge is -2.15. The number of fused-ring (bicyclic) bond motifs is 1. The number of amides is 1. The van der Waals surface area contributed by atoms with E-state index in [0.717, 1.165) is 29.9 Å². The van der Waals surface area contributed by atoms with Crippen molar-refractivity contribution in [3.8, 4) is 11.5 Å². The monoisotopic (exact) mass is 371 g/mol. The van der Waals surface area contributed by atoms with E-state index >= 15 is 0 Å². The summed E-state index contributed by atoms with van der Waals surface area (Å²) in [5.41, 5.74) is 1.01. The summed E-state index contributed by atoms with van der Waals surface area (Å²) in [5.74, 6) is 2.60. The van der Waals surface area contributed by atoms with Crippen molar-refractivity contribution in [2.45, 2.75) is 63.8 Å². The average molecular weight is 371 g/mol. The lowest BCUT2D eigenvalue weighted by atomic mass is 10.1. The van der Waals surface area contributed by atoms with Gasteiger partial charge in [-0.3, -0.25) is 4.79 Å². The highest BCUT2D eigenvalue weighted by molar-refractivity contribution is 5.76. The van der Waals surface area contributed by atoms with Gasteiger partial charge >= 0.3 is 0 Å². The van der Waals surface area contributed by atoms with Crippen LogP contribution in [0.2, 0.25) is 0 Å². The zero-order valence-corrected chi connectivity index (χ0v) is 15.4. The molecule has 0 spiro atoms. The fourth-order valence-electron chi connectivity index (χ4n) is 3.63. The van der Waals surface area contributed by atoms with Crippen LogP contribution in [0.5, 0.6) is 11.5 Å². The van der Waals surface area contributed by atoms with Crippen molar-refractivity contribution in [1.82, 2.24) is 15.5 Å². The highest BCUT2D eigenvalue weighted by Crippen LogP contribution is 2.33. The topological polar surface area (TPSA) is 86.5 Å². The van der Waals surface area contributed by atoms with Gasteiger partial charge in [-0.1, -0.05) is 31.7 Å². The number of carbonyl (C=O) groups is 1. The molecule has 1 N–H and O–H groups in total. The van der Waals surface area contributed by atoms with E-state index < -0.39 is 0 Å². The van der Waals surface area contributed by atoms with E-state index in [4.69, 9.17) is 13.9 Å². The summed E-state index contributed by atoms with van der Waals surface area (Å²) in [5, 5.41) is 11.3. The summed E-state index contributed by atoms with van der Waals surface area (Å²) in [7, 11) is 0. The second-order valence-corrected chi connectivity index (χ2v) is 7.21. The molecule has 2 heterocycles. The number of hydrogen-bond donors (Lipinski definition) is 1. The molecule has 1 aliphatic heterocycles. The van der Waals surface area contributed by atoms with Crippen LogP contribution in [0.3, 0.4) is 0 Å². The van der Waals surface area contributed by atoms with Crippen LogP contribution in [0.1, 0.15) is 62.3 Å². The first kappa shape index (κ1) is 17.8. The summed E-state index contributed by atoms with van der Waals surface area (Å²) < 4.78 is 16.4. The molecule has 1 aromatic heterocycles. The van der Waals surface area contributed by atoms with Crippen molar-refractivity contribution in [3.05, 3.63) is 35.5 Å². The van der Waals surface area contributed by atoms with E-state index in [1.807, 2.05) is 18.2 Å². The van der Waals surface area contributed by atoms with Gasteiger partial charge in [-0.15, -0.1) is 10.2 Å². The molecule has 144 valence electrons. The SMILES string of the molecule is O=C(CCc1nnc(Cc2ccc3c(c2)OCO3)o1)NC1CCCCCC1. The Hall–Kier alpha value is -2.57. The Labute approximate surface area is 158 Å². The molecule has 2 aromatic rings. The number of nitrogens with one attached hydrogen (secondary N) is 1. The van der Waals surface area contributed by atoms with Gasteiger partial charge in [0.1, 0.15) is 0 Å². The Morgan fingerprint density at radius 2 is 1.81 bits per heavy atom. The van der Waals surface area contributed by atoms with Gasteiger partial charge in [0.2, 0.25) is 24.5 Å². The van der Waals surface area contributed by atoms with Gasteiger partial charge in [0.15, 0.2) is 11.5 Å². The largest absolute Gasteiger partial charge is 0.454 e. The molecule has 1 saturated carbocycles. The van der Waals surface area contributed by atoms with Crippen LogP contribution in [0, 0.1) is 0 Å². The minimum atomic E-state index is 0.0671. The number of rotatable bonds is 6. The third kappa shape index (κ3) is 4.78. The van der Waals surface area contributed by atoms with Crippen molar-refractivity contribution >= 4 is 5.91 Å². The molecule has 0 bridgehead atoms. The number of carbonyl (C=O) groups excluding carboxylic acids is 1. The molecular weight excluding hydrogens is 346 g/mol. The fourth-order valence-corrected chi connectivity index (χ4v) is 3.63. The minimum absolute atomic E-state index is 0.0671. The molecule has 2 aliphatic rings. The molecule has 7 heteroatoms. The third-order valence-electron chi connectivity index (χ3n) is 5.09. The number of aromatic nitrogens is 2. The first-order valence-corrected chi connectivity index (χ1v) is 9.75. The first-order chi connectivity index (χ1) is 13.3. The summed E-state index contributed by atoms with van der Waals surface area (Å²) in [6.45, 7) is 0.256. The molecule has 0 radical (unpaired) electrons. The maximum absolute atomic E-state index is 12.2. The van der Waals surface area contributed by atoms with Gasteiger partial charge in [-0.25, -0.2) is 0 Å². The van der Waals surface area contributed by atoms with E-state index in [0.29, 0.717) is 37.1 Å². The second kappa shape index (κ2) is 8.41. The summed E-state index contributed by atoms with van der Waals surface area (Å²) in [6, 6.07) is 6.08. The Bertz CT molecular complexity index is 781. The van der Waals surface area contributed by atoms with Gasteiger partial charge in [0, 0.05) is 18.9 Å². The van der Waals surface area contributed by atoms with Gasteiger partial charge in [0.05, 0.1) is 6.42 Å². The third-order valence-corrected chi connectivity index (χ3v) is 5.09. The van der Waals surface area contributed by atoms with Crippen LogP contribution in [0.4, 0.5) is 0 Å². The quantitative estimate of drug-likeness (QED) is 0.785. The van der Waals surface area contributed by atoms with E-state index in [1.54, 1.807) is 0 Å². The van der Waals surface area contributed by atoms with Crippen LogP contribution in [0.25, 0.3) is 0 Å². The number of aryl methyl sites for hydroxylation is 1. The summed E-state index contributed by atoms with van der Waals surface area (Å²) in [4.78, 5) is 12.2. The van der Waals surface area contributed by atoms with Gasteiger partial charge in [-0.05, 0) is 30.5 Å². The molecule has 0 saturated heterocycles. The maximum atomic E-state index is 12.2.